The van der Waals surface area contributed by atoms with Crippen LogP contribution in [0.2, 0.25) is 0 Å². The van der Waals surface area contributed by atoms with Gasteiger partial charge in [0.05, 0.1) is 0 Å². The third-order valence-electron chi connectivity index (χ3n) is 2.16. The molecule has 2 rings (SSSR count). The minimum absolute atomic E-state index is 0.128. The number of rotatable bonds is 3. The van der Waals surface area contributed by atoms with Crippen molar-refractivity contribution in [2.75, 3.05) is 0 Å². The van der Waals surface area contributed by atoms with Gasteiger partial charge < -0.3 is 9.84 Å². The molecule has 1 aromatic heterocycles. The lowest BCUT2D eigenvalue weighted by molar-refractivity contribution is 0.0934. The minimum atomic E-state index is -0.157. The molecule has 4 heteroatoms. The van der Waals surface area contributed by atoms with Crippen molar-refractivity contribution in [2.45, 2.75) is 38.6 Å². The van der Waals surface area contributed by atoms with E-state index < -0.39 is 0 Å². The van der Waals surface area contributed by atoms with Crippen molar-refractivity contribution in [3.8, 4) is 0 Å². The molecule has 0 aliphatic heterocycles. The molecule has 76 valence electrons. The molecule has 0 aromatic carbocycles. The molecule has 1 saturated carbocycles. The number of nitrogens with zero attached hydrogens (tertiary/aromatic N) is 1. The van der Waals surface area contributed by atoms with Crippen molar-refractivity contribution < 1.29 is 9.32 Å². The predicted octanol–water partition coefficient (Wildman–Crippen LogP) is 1.69. The molecule has 4 nitrogen and oxygen atoms in total. The van der Waals surface area contributed by atoms with Crippen LogP contribution >= 0.6 is 0 Å². The highest BCUT2D eigenvalue weighted by molar-refractivity contribution is 5.92. The van der Waals surface area contributed by atoms with Crippen molar-refractivity contribution in [2.24, 2.45) is 0 Å². The second kappa shape index (κ2) is 3.44. The first kappa shape index (κ1) is 9.24. The maximum Gasteiger partial charge on any atom is 0.273 e. The Kier molecular flexibility index (Phi) is 2.27. The number of nitrogens with one attached hydrogen (secondary N) is 1. The van der Waals surface area contributed by atoms with Crippen LogP contribution in [-0.4, -0.2) is 17.1 Å². The quantitative estimate of drug-likeness (QED) is 0.796. The molecular weight excluding hydrogens is 180 g/mol. The molecule has 0 spiro atoms. The molecule has 1 aliphatic carbocycles. The van der Waals surface area contributed by atoms with Gasteiger partial charge in [-0.05, 0) is 26.7 Å². The van der Waals surface area contributed by atoms with Gasteiger partial charge in [0.1, 0.15) is 5.76 Å². The largest absolute Gasteiger partial charge is 0.360 e. The van der Waals surface area contributed by atoms with Crippen LogP contribution in [0.25, 0.3) is 0 Å². The van der Waals surface area contributed by atoms with Gasteiger partial charge in [0.2, 0.25) is 0 Å². The third kappa shape index (κ3) is 1.95. The highest BCUT2D eigenvalue weighted by Gasteiger charge is 2.28. The summed E-state index contributed by atoms with van der Waals surface area (Å²) in [5, 5.41) is 6.51. The number of amides is 1. The lowest BCUT2D eigenvalue weighted by Gasteiger charge is -2.04. The Morgan fingerprint density at radius 3 is 2.93 bits per heavy atom. The first-order valence-corrected chi connectivity index (χ1v) is 4.94. The van der Waals surface area contributed by atoms with Gasteiger partial charge in [0, 0.05) is 18.0 Å². The molecular formula is C10H14N2O2. The first-order chi connectivity index (χ1) is 6.66. The van der Waals surface area contributed by atoms with E-state index in [1.807, 2.05) is 13.8 Å². The summed E-state index contributed by atoms with van der Waals surface area (Å²) in [4.78, 5) is 11.5. The van der Waals surface area contributed by atoms with Crippen molar-refractivity contribution in [1.29, 1.82) is 0 Å². The second-order valence-corrected chi connectivity index (χ2v) is 4.02. The molecule has 1 amide bonds. The summed E-state index contributed by atoms with van der Waals surface area (Å²) in [6, 6.07) is 1.87. The fourth-order valence-corrected chi connectivity index (χ4v) is 1.29. The van der Waals surface area contributed by atoms with Gasteiger partial charge in [0.15, 0.2) is 5.69 Å². The van der Waals surface area contributed by atoms with Gasteiger partial charge in [0.25, 0.3) is 5.91 Å². The summed E-state index contributed by atoms with van der Waals surface area (Å²) in [5.41, 5.74) is 0.389. The van der Waals surface area contributed by atoms with E-state index in [4.69, 9.17) is 4.52 Å². The minimum Gasteiger partial charge on any atom is -0.360 e. The summed E-state index contributed by atoms with van der Waals surface area (Å²) in [7, 11) is 0. The van der Waals surface area contributed by atoms with E-state index in [-0.39, 0.29) is 11.9 Å². The highest BCUT2D eigenvalue weighted by atomic mass is 16.5. The number of carbonyl (C=O) groups is 1. The van der Waals surface area contributed by atoms with E-state index >= 15 is 0 Å². The number of hydrogen-bond donors (Lipinski definition) is 1. The van der Waals surface area contributed by atoms with Gasteiger partial charge in [-0.1, -0.05) is 5.16 Å². The van der Waals surface area contributed by atoms with Gasteiger partial charge in [-0.25, -0.2) is 0 Å². The third-order valence-corrected chi connectivity index (χ3v) is 2.16. The summed E-state index contributed by atoms with van der Waals surface area (Å²) in [6.07, 6.45) is 2.31. The van der Waals surface area contributed by atoms with E-state index in [2.05, 4.69) is 10.5 Å². The van der Waals surface area contributed by atoms with Crippen LogP contribution < -0.4 is 5.32 Å². The normalized spacial score (nSPS) is 15.9. The lowest BCUT2D eigenvalue weighted by Crippen LogP contribution is -2.30. The van der Waals surface area contributed by atoms with E-state index in [1.165, 1.54) is 0 Å². The predicted molar refractivity (Wildman–Crippen MR) is 51.1 cm³/mol. The fourth-order valence-electron chi connectivity index (χ4n) is 1.29. The van der Waals surface area contributed by atoms with Crippen molar-refractivity contribution >= 4 is 5.91 Å². The number of hydrogen-bond acceptors (Lipinski definition) is 3. The molecule has 1 fully saturated rings. The van der Waals surface area contributed by atoms with Crippen LogP contribution in [0, 0.1) is 0 Å². The van der Waals surface area contributed by atoms with E-state index in [9.17, 15) is 4.79 Å². The maximum absolute atomic E-state index is 11.5. The Balaban J connectivity index is 2.04. The molecule has 1 aliphatic rings. The number of carbonyl (C=O) groups excluding carboxylic acids is 1. The Hall–Kier alpha value is -1.32. The summed E-state index contributed by atoms with van der Waals surface area (Å²) < 4.78 is 5.08. The van der Waals surface area contributed by atoms with Crippen LogP contribution in [-0.2, 0) is 0 Å². The zero-order valence-corrected chi connectivity index (χ0v) is 8.41. The lowest BCUT2D eigenvalue weighted by atomic mass is 10.2. The fraction of sp³-hybridized carbons (Fsp3) is 0.600. The smallest absolute Gasteiger partial charge is 0.273 e. The van der Waals surface area contributed by atoms with Crippen LogP contribution in [0.15, 0.2) is 10.6 Å². The van der Waals surface area contributed by atoms with Crippen LogP contribution in [0.5, 0.6) is 0 Å². The van der Waals surface area contributed by atoms with E-state index in [0.717, 1.165) is 18.6 Å². The molecule has 1 heterocycles. The topological polar surface area (TPSA) is 55.1 Å². The molecule has 0 bridgehead atoms. The average molecular weight is 194 g/mol. The molecule has 0 radical (unpaired) electrons. The number of aromatic nitrogens is 1. The Morgan fingerprint density at radius 2 is 2.36 bits per heavy atom. The van der Waals surface area contributed by atoms with Crippen LogP contribution in [0.1, 0.15) is 48.9 Å². The summed E-state index contributed by atoms with van der Waals surface area (Å²) in [5.74, 6) is 1.19. The SMILES string of the molecule is CC(C)NC(=O)c1cc(C2CC2)on1. The first-order valence-electron chi connectivity index (χ1n) is 4.94. The van der Waals surface area contributed by atoms with E-state index in [1.54, 1.807) is 6.07 Å². The molecule has 0 saturated heterocycles. The van der Waals surface area contributed by atoms with Gasteiger partial charge in [-0.15, -0.1) is 0 Å². The van der Waals surface area contributed by atoms with Gasteiger partial charge in [-0.3, -0.25) is 4.79 Å². The monoisotopic (exact) mass is 194 g/mol. The summed E-state index contributed by atoms with van der Waals surface area (Å²) >= 11 is 0. The average Bonchev–Trinajstić information content (AvgIpc) is 2.82. The zero-order chi connectivity index (χ0) is 10.1. The Bertz CT molecular complexity index is 340. The van der Waals surface area contributed by atoms with E-state index in [0.29, 0.717) is 11.6 Å². The van der Waals surface area contributed by atoms with Crippen LogP contribution in [0.4, 0.5) is 0 Å². The summed E-state index contributed by atoms with van der Waals surface area (Å²) in [6.45, 7) is 3.83. The van der Waals surface area contributed by atoms with Gasteiger partial charge in [-0.2, -0.15) is 0 Å². The highest BCUT2D eigenvalue weighted by Crippen LogP contribution is 2.40. The molecule has 0 unspecified atom stereocenters. The molecule has 1 N–H and O–H groups in total. The van der Waals surface area contributed by atoms with Crippen molar-refractivity contribution in [3.63, 3.8) is 0 Å². The Morgan fingerprint density at radius 1 is 1.64 bits per heavy atom. The molecule has 14 heavy (non-hydrogen) atoms. The molecule has 0 atom stereocenters. The van der Waals surface area contributed by atoms with Crippen molar-refractivity contribution in [1.82, 2.24) is 10.5 Å². The standard InChI is InChI=1S/C10H14N2O2/c1-6(2)11-10(13)8-5-9(14-12-8)7-3-4-7/h5-7H,3-4H2,1-2H3,(H,11,13). The van der Waals surface area contributed by atoms with Crippen molar-refractivity contribution in [3.05, 3.63) is 17.5 Å². The zero-order valence-electron chi connectivity index (χ0n) is 8.41. The van der Waals surface area contributed by atoms with Gasteiger partial charge >= 0.3 is 0 Å². The Labute approximate surface area is 82.7 Å². The van der Waals surface area contributed by atoms with Crippen LogP contribution in [0.3, 0.4) is 0 Å². The second-order valence-electron chi connectivity index (χ2n) is 4.02. The molecule has 1 aromatic rings. The maximum atomic E-state index is 11.5.